The number of hydrogen-bond acceptors (Lipinski definition) is 3. The minimum atomic E-state index is -0.316. The van der Waals surface area contributed by atoms with Crippen molar-refractivity contribution in [3.63, 3.8) is 0 Å². The van der Waals surface area contributed by atoms with Gasteiger partial charge in [0.15, 0.2) is 0 Å². The van der Waals surface area contributed by atoms with Crippen LogP contribution in [0.15, 0.2) is 96.3 Å². The molecule has 0 fully saturated rings. The molecule has 1 aromatic heterocycles. The summed E-state index contributed by atoms with van der Waals surface area (Å²) in [6.45, 7) is 2.05. The fourth-order valence-corrected chi connectivity index (χ4v) is 4.19. The molecule has 0 bridgehead atoms. The number of aryl methyl sites for hydroxylation is 1. The smallest absolute Gasteiger partial charge is 0.351 e. The molecule has 0 saturated heterocycles. The van der Waals surface area contributed by atoms with E-state index in [1.54, 1.807) is 0 Å². The number of fused-ring (bicyclic) bond motifs is 1. The van der Waals surface area contributed by atoms with Crippen LogP contribution in [0.1, 0.15) is 5.56 Å². The van der Waals surface area contributed by atoms with Gasteiger partial charge in [0.2, 0.25) is 0 Å². The Labute approximate surface area is 164 Å². The third kappa shape index (κ3) is 3.35. The molecular weight excluding hydrogens is 408 g/mol. The van der Waals surface area contributed by atoms with Gasteiger partial charge in [0, 0.05) is 20.3 Å². The number of benzene rings is 3. The Morgan fingerprint density at radius 2 is 1.65 bits per heavy atom. The van der Waals surface area contributed by atoms with E-state index in [0.29, 0.717) is 10.5 Å². The third-order valence-electron chi connectivity index (χ3n) is 4.13. The van der Waals surface area contributed by atoms with Gasteiger partial charge in [0.1, 0.15) is 10.5 Å². The maximum Gasteiger partial charge on any atom is 0.351 e. The molecule has 1 heterocycles. The second-order valence-corrected chi connectivity index (χ2v) is 8.01. The van der Waals surface area contributed by atoms with Gasteiger partial charge in [-0.25, -0.2) is 4.79 Å². The van der Waals surface area contributed by atoms with Gasteiger partial charge in [0.05, 0.1) is 0 Å². The first-order valence-electron chi connectivity index (χ1n) is 8.18. The highest BCUT2D eigenvalue weighted by Gasteiger charge is 2.17. The summed E-state index contributed by atoms with van der Waals surface area (Å²) >= 11 is 4.97. The molecule has 0 amide bonds. The number of hydrogen-bond donors (Lipinski definition) is 0. The van der Waals surface area contributed by atoms with Crippen molar-refractivity contribution in [2.45, 2.75) is 16.7 Å². The first kappa shape index (κ1) is 17.1. The van der Waals surface area contributed by atoms with Crippen molar-refractivity contribution in [2.75, 3.05) is 0 Å². The van der Waals surface area contributed by atoms with Crippen molar-refractivity contribution in [1.82, 2.24) is 0 Å². The topological polar surface area (TPSA) is 30.2 Å². The van der Waals surface area contributed by atoms with E-state index in [-0.39, 0.29) is 5.63 Å². The summed E-state index contributed by atoms with van der Waals surface area (Å²) in [6.07, 6.45) is 0. The summed E-state index contributed by atoms with van der Waals surface area (Å²) < 4.78 is 6.56. The summed E-state index contributed by atoms with van der Waals surface area (Å²) in [6, 6.07) is 23.8. The normalized spacial score (nSPS) is 11.0. The van der Waals surface area contributed by atoms with Crippen molar-refractivity contribution >= 4 is 38.7 Å². The Balaban J connectivity index is 2.00. The minimum absolute atomic E-state index is 0.316. The SMILES string of the molecule is Cc1ccc(Sc2c(-c3ccccc3)c3cc(Br)ccc3oc2=O)cc1. The quantitative estimate of drug-likeness (QED) is 0.344. The van der Waals surface area contributed by atoms with Crippen molar-refractivity contribution in [3.05, 3.63) is 93.3 Å². The Morgan fingerprint density at radius 1 is 0.923 bits per heavy atom. The predicted octanol–water partition coefficient (Wildman–Crippen LogP) is 6.68. The molecule has 128 valence electrons. The Kier molecular flexibility index (Phi) is 4.70. The zero-order valence-corrected chi connectivity index (χ0v) is 16.4. The summed E-state index contributed by atoms with van der Waals surface area (Å²) in [7, 11) is 0. The van der Waals surface area contributed by atoms with Crippen LogP contribution in [0, 0.1) is 6.92 Å². The highest BCUT2D eigenvalue weighted by atomic mass is 79.9. The lowest BCUT2D eigenvalue weighted by Gasteiger charge is -2.12. The Morgan fingerprint density at radius 3 is 2.38 bits per heavy atom. The molecule has 0 N–H and O–H groups in total. The van der Waals surface area contributed by atoms with E-state index in [2.05, 4.69) is 15.9 Å². The van der Waals surface area contributed by atoms with E-state index in [1.165, 1.54) is 17.3 Å². The van der Waals surface area contributed by atoms with Crippen LogP contribution in [0.2, 0.25) is 0 Å². The van der Waals surface area contributed by atoms with E-state index < -0.39 is 0 Å². The molecule has 2 nitrogen and oxygen atoms in total. The molecule has 0 spiro atoms. The Bertz CT molecular complexity index is 1130. The summed E-state index contributed by atoms with van der Waals surface area (Å²) in [5.74, 6) is 0. The number of halogens is 1. The molecule has 0 aliphatic rings. The lowest BCUT2D eigenvalue weighted by Crippen LogP contribution is -2.05. The fourth-order valence-electron chi connectivity index (χ4n) is 2.87. The average molecular weight is 423 g/mol. The van der Waals surface area contributed by atoms with Crippen LogP contribution in [0.3, 0.4) is 0 Å². The van der Waals surface area contributed by atoms with Crippen LogP contribution < -0.4 is 5.63 Å². The van der Waals surface area contributed by atoms with Gasteiger partial charge in [0.25, 0.3) is 0 Å². The Hall–Kier alpha value is -2.30. The van der Waals surface area contributed by atoms with Crippen LogP contribution in [0.5, 0.6) is 0 Å². The summed E-state index contributed by atoms with van der Waals surface area (Å²) in [5.41, 5.74) is 3.36. The van der Waals surface area contributed by atoms with E-state index in [1.807, 2.05) is 79.7 Å². The fraction of sp³-hybridized carbons (Fsp3) is 0.0455. The molecule has 0 atom stereocenters. The maximum absolute atomic E-state index is 12.8. The van der Waals surface area contributed by atoms with Gasteiger partial charge in [-0.3, -0.25) is 0 Å². The standard InChI is InChI=1S/C22H15BrO2S/c1-14-7-10-17(11-8-14)26-21-20(15-5-3-2-4-6-15)18-13-16(23)9-12-19(18)25-22(21)24/h2-13H,1H3. The third-order valence-corrected chi connectivity index (χ3v) is 5.71. The molecule has 4 heteroatoms. The molecule has 0 unspecified atom stereocenters. The van der Waals surface area contributed by atoms with Gasteiger partial charge in [-0.15, -0.1) is 0 Å². The van der Waals surface area contributed by atoms with Crippen molar-refractivity contribution in [1.29, 1.82) is 0 Å². The largest absolute Gasteiger partial charge is 0.422 e. The molecule has 4 aromatic rings. The zero-order valence-electron chi connectivity index (χ0n) is 14.0. The van der Waals surface area contributed by atoms with Crippen molar-refractivity contribution < 1.29 is 4.42 Å². The van der Waals surface area contributed by atoms with Gasteiger partial charge < -0.3 is 4.42 Å². The lowest BCUT2D eigenvalue weighted by atomic mass is 10.0. The van der Waals surface area contributed by atoms with Gasteiger partial charge in [-0.2, -0.15) is 0 Å². The highest BCUT2D eigenvalue weighted by molar-refractivity contribution is 9.10. The lowest BCUT2D eigenvalue weighted by molar-refractivity contribution is 0.544. The summed E-state index contributed by atoms with van der Waals surface area (Å²) in [4.78, 5) is 14.4. The van der Waals surface area contributed by atoms with Gasteiger partial charge in [-0.05, 0) is 42.8 Å². The molecule has 4 rings (SSSR count). The minimum Gasteiger partial charge on any atom is -0.422 e. The van der Waals surface area contributed by atoms with E-state index in [4.69, 9.17) is 4.42 Å². The molecule has 0 saturated carbocycles. The van der Waals surface area contributed by atoms with E-state index in [9.17, 15) is 4.79 Å². The molecule has 0 aliphatic heterocycles. The van der Waals surface area contributed by atoms with Crippen LogP contribution in [0.25, 0.3) is 22.1 Å². The summed E-state index contributed by atoms with van der Waals surface area (Å²) in [5, 5.41) is 0.916. The molecule has 0 aliphatic carbocycles. The second-order valence-electron chi connectivity index (χ2n) is 6.02. The highest BCUT2D eigenvalue weighted by Crippen LogP contribution is 2.39. The molecule has 3 aromatic carbocycles. The predicted molar refractivity (Wildman–Crippen MR) is 111 cm³/mol. The van der Waals surface area contributed by atoms with E-state index in [0.717, 1.165) is 25.9 Å². The maximum atomic E-state index is 12.8. The van der Waals surface area contributed by atoms with Gasteiger partial charge >= 0.3 is 5.63 Å². The van der Waals surface area contributed by atoms with Gasteiger partial charge in [-0.1, -0.05) is 75.7 Å². The monoisotopic (exact) mass is 422 g/mol. The molecular formula is C22H15BrO2S. The van der Waals surface area contributed by atoms with Crippen LogP contribution in [0.4, 0.5) is 0 Å². The molecule has 26 heavy (non-hydrogen) atoms. The van der Waals surface area contributed by atoms with Crippen LogP contribution >= 0.6 is 27.7 Å². The first-order chi connectivity index (χ1) is 12.6. The number of rotatable bonds is 3. The molecule has 0 radical (unpaired) electrons. The van der Waals surface area contributed by atoms with Crippen molar-refractivity contribution in [2.24, 2.45) is 0 Å². The zero-order chi connectivity index (χ0) is 18.1. The first-order valence-corrected chi connectivity index (χ1v) is 9.79. The van der Waals surface area contributed by atoms with Crippen LogP contribution in [-0.2, 0) is 0 Å². The second kappa shape index (κ2) is 7.14. The van der Waals surface area contributed by atoms with Crippen LogP contribution in [-0.4, -0.2) is 0 Å². The van der Waals surface area contributed by atoms with E-state index >= 15 is 0 Å². The average Bonchev–Trinajstić information content (AvgIpc) is 2.65. The van der Waals surface area contributed by atoms with Crippen molar-refractivity contribution in [3.8, 4) is 11.1 Å².